The standard InChI is InChI=1S/C11H17NO2/c1-10(2)9(11(10,3)4)8-7(5-13)12-6-14-8/h6,9,13H,5H2,1-4H3. The van der Waals surface area contributed by atoms with Crippen LogP contribution in [0.25, 0.3) is 0 Å². The first kappa shape index (κ1) is 9.71. The topological polar surface area (TPSA) is 46.3 Å². The van der Waals surface area contributed by atoms with Gasteiger partial charge in [0.15, 0.2) is 6.39 Å². The van der Waals surface area contributed by atoms with Crippen molar-refractivity contribution in [2.75, 3.05) is 0 Å². The van der Waals surface area contributed by atoms with Gasteiger partial charge in [-0.05, 0) is 10.8 Å². The van der Waals surface area contributed by atoms with Gasteiger partial charge < -0.3 is 9.52 Å². The maximum atomic E-state index is 9.10. The van der Waals surface area contributed by atoms with Gasteiger partial charge in [0.1, 0.15) is 11.5 Å². The molecule has 3 nitrogen and oxygen atoms in total. The van der Waals surface area contributed by atoms with Gasteiger partial charge in [0, 0.05) is 5.92 Å². The van der Waals surface area contributed by atoms with Crippen LogP contribution in [-0.4, -0.2) is 10.1 Å². The van der Waals surface area contributed by atoms with Crippen LogP contribution in [0.1, 0.15) is 45.1 Å². The highest BCUT2D eigenvalue weighted by Crippen LogP contribution is 2.73. The van der Waals surface area contributed by atoms with Gasteiger partial charge >= 0.3 is 0 Å². The predicted molar refractivity (Wildman–Crippen MR) is 52.7 cm³/mol. The zero-order valence-corrected chi connectivity index (χ0v) is 9.16. The molecule has 0 amide bonds. The Balaban J connectivity index is 2.36. The van der Waals surface area contributed by atoms with Gasteiger partial charge in [0.05, 0.1) is 6.61 Å². The van der Waals surface area contributed by atoms with Crippen LogP contribution in [0.2, 0.25) is 0 Å². The van der Waals surface area contributed by atoms with Gasteiger partial charge in [0.25, 0.3) is 0 Å². The van der Waals surface area contributed by atoms with Gasteiger partial charge in [-0.25, -0.2) is 4.98 Å². The second-order valence-electron chi connectivity index (χ2n) is 5.20. The molecule has 0 saturated heterocycles. The Bertz CT molecular complexity index is 338. The third-order valence-corrected chi connectivity index (χ3v) is 4.11. The Morgan fingerprint density at radius 1 is 1.36 bits per heavy atom. The second-order valence-corrected chi connectivity index (χ2v) is 5.20. The van der Waals surface area contributed by atoms with E-state index in [0.29, 0.717) is 11.6 Å². The molecule has 0 radical (unpaired) electrons. The fourth-order valence-corrected chi connectivity index (χ4v) is 2.48. The van der Waals surface area contributed by atoms with E-state index >= 15 is 0 Å². The van der Waals surface area contributed by atoms with Crippen molar-refractivity contribution in [3.63, 3.8) is 0 Å². The van der Waals surface area contributed by atoms with Crippen LogP contribution in [0.5, 0.6) is 0 Å². The van der Waals surface area contributed by atoms with E-state index in [9.17, 15) is 0 Å². The summed E-state index contributed by atoms with van der Waals surface area (Å²) in [6.45, 7) is 8.86. The fraction of sp³-hybridized carbons (Fsp3) is 0.727. The monoisotopic (exact) mass is 195 g/mol. The van der Waals surface area contributed by atoms with Crippen molar-refractivity contribution in [1.29, 1.82) is 0 Å². The molecule has 1 aromatic heterocycles. The van der Waals surface area contributed by atoms with Crippen LogP contribution in [0.3, 0.4) is 0 Å². The largest absolute Gasteiger partial charge is 0.448 e. The summed E-state index contributed by atoms with van der Waals surface area (Å²) in [6.07, 6.45) is 1.42. The molecule has 2 rings (SSSR count). The Morgan fingerprint density at radius 3 is 2.36 bits per heavy atom. The first-order chi connectivity index (χ1) is 6.43. The highest BCUT2D eigenvalue weighted by Gasteiger charge is 2.67. The zero-order valence-electron chi connectivity index (χ0n) is 9.16. The van der Waals surface area contributed by atoms with Crippen molar-refractivity contribution < 1.29 is 9.52 Å². The summed E-state index contributed by atoms with van der Waals surface area (Å²) in [5.41, 5.74) is 1.15. The van der Waals surface area contributed by atoms with Crippen LogP contribution in [0.15, 0.2) is 10.8 Å². The maximum absolute atomic E-state index is 9.10. The molecule has 3 heteroatoms. The lowest BCUT2D eigenvalue weighted by Gasteiger charge is -2.03. The van der Waals surface area contributed by atoms with Crippen LogP contribution in [0.4, 0.5) is 0 Å². The molecular weight excluding hydrogens is 178 g/mol. The molecule has 1 aromatic rings. The lowest BCUT2D eigenvalue weighted by molar-refractivity contribution is 0.273. The van der Waals surface area contributed by atoms with Gasteiger partial charge in [-0.3, -0.25) is 0 Å². The van der Waals surface area contributed by atoms with Gasteiger partial charge in [0.2, 0.25) is 0 Å². The molecule has 0 bridgehead atoms. The molecular formula is C11H17NO2. The van der Waals surface area contributed by atoms with Crippen LogP contribution in [-0.2, 0) is 6.61 Å². The van der Waals surface area contributed by atoms with E-state index < -0.39 is 0 Å². The number of nitrogens with zero attached hydrogens (tertiary/aromatic N) is 1. The van der Waals surface area contributed by atoms with Crippen LogP contribution in [0, 0.1) is 10.8 Å². The summed E-state index contributed by atoms with van der Waals surface area (Å²) >= 11 is 0. The number of rotatable bonds is 2. The van der Waals surface area contributed by atoms with Crippen LogP contribution < -0.4 is 0 Å². The fourth-order valence-electron chi connectivity index (χ4n) is 2.48. The quantitative estimate of drug-likeness (QED) is 0.787. The highest BCUT2D eigenvalue weighted by atomic mass is 16.3. The number of aromatic nitrogens is 1. The first-order valence-corrected chi connectivity index (χ1v) is 4.96. The van der Waals surface area contributed by atoms with Gasteiger partial charge in [-0.15, -0.1) is 0 Å². The third kappa shape index (κ3) is 0.989. The molecule has 0 spiro atoms. The lowest BCUT2D eigenvalue weighted by Crippen LogP contribution is -1.95. The highest BCUT2D eigenvalue weighted by molar-refractivity contribution is 5.31. The minimum atomic E-state index is -0.0332. The number of aliphatic hydroxyl groups is 1. The van der Waals surface area contributed by atoms with Crippen molar-refractivity contribution in [3.05, 3.63) is 17.8 Å². The van der Waals surface area contributed by atoms with Crippen molar-refractivity contribution in [1.82, 2.24) is 4.98 Å². The van der Waals surface area contributed by atoms with E-state index in [-0.39, 0.29) is 17.4 Å². The summed E-state index contributed by atoms with van der Waals surface area (Å²) in [5.74, 6) is 1.24. The normalized spacial score (nSPS) is 23.8. The Hall–Kier alpha value is -0.830. The number of hydrogen-bond acceptors (Lipinski definition) is 3. The molecule has 1 heterocycles. The summed E-state index contributed by atoms with van der Waals surface area (Å²) in [7, 11) is 0. The second kappa shape index (κ2) is 2.60. The molecule has 0 unspecified atom stereocenters. The molecule has 1 N–H and O–H groups in total. The average Bonchev–Trinajstić information content (AvgIpc) is 2.51. The van der Waals surface area contributed by atoms with Gasteiger partial charge in [-0.1, -0.05) is 27.7 Å². The Kier molecular flexibility index (Phi) is 1.80. The van der Waals surface area contributed by atoms with Gasteiger partial charge in [-0.2, -0.15) is 0 Å². The van der Waals surface area contributed by atoms with E-state index in [4.69, 9.17) is 9.52 Å². The molecule has 78 valence electrons. The zero-order chi connectivity index (χ0) is 10.6. The van der Waals surface area contributed by atoms with E-state index in [0.717, 1.165) is 5.76 Å². The lowest BCUT2D eigenvalue weighted by atomic mass is 10.0. The minimum absolute atomic E-state index is 0.0332. The molecule has 1 saturated carbocycles. The molecule has 0 aliphatic heterocycles. The third-order valence-electron chi connectivity index (χ3n) is 4.11. The Labute approximate surface area is 84.2 Å². The molecule has 1 aliphatic carbocycles. The molecule has 1 aliphatic rings. The summed E-state index contributed by atoms with van der Waals surface area (Å²) in [5, 5.41) is 9.10. The SMILES string of the molecule is CC1(C)C(c2ocnc2CO)C1(C)C. The molecule has 14 heavy (non-hydrogen) atoms. The molecule has 0 atom stereocenters. The van der Waals surface area contributed by atoms with E-state index in [2.05, 4.69) is 32.7 Å². The van der Waals surface area contributed by atoms with Crippen molar-refractivity contribution in [2.45, 2.75) is 40.2 Å². The summed E-state index contributed by atoms with van der Waals surface area (Å²) < 4.78 is 5.38. The van der Waals surface area contributed by atoms with Crippen LogP contribution >= 0.6 is 0 Å². The number of hydrogen-bond donors (Lipinski definition) is 1. The van der Waals surface area contributed by atoms with E-state index in [1.807, 2.05) is 0 Å². The minimum Gasteiger partial charge on any atom is -0.448 e. The number of aliphatic hydroxyl groups excluding tert-OH is 1. The first-order valence-electron chi connectivity index (χ1n) is 4.96. The van der Waals surface area contributed by atoms with E-state index in [1.165, 1.54) is 6.39 Å². The van der Waals surface area contributed by atoms with Crippen molar-refractivity contribution in [2.24, 2.45) is 10.8 Å². The van der Waals surface area contributed by atoms with Crippen molar-refractivity contribution in [3.8, 4) is 0 Å². The van der Waals surface area contributed by atoms with Crippen molar-refractivity contribution >= 4 is 0 Å². The average molecular weight is 195 g/mol. The number of oxazole rings is 1. The predicted octanol–water partition coefficient (Wildman–Crippen LogP) is 2.32. The summed E-state index contributed by atoms with van der Waals surface area (Å²) in [4.78, 5) is 4.01. The summed E-state index contributed by atoms with van der Waals surface area (Å²) in [6, 6.07) is 0. The maximum Gasteiger partial charge on any atom is 0.181 e. The Morgan fingerprint density at radius 2 is 1.93 bits per heavy atom. The molecule has 0 aromatic carbocycles. The smallest absolute Gasteiger partial charge is 0.181 e. The van der Waals surface area contributed by atoms with E-state index in [1.54, 1.807) is 0 Å². The molecule has 1 fully saturated rings.